The third kappa shape index (κ3) is 7.39. The summed E-state index contributed by atoms with van der Waals surface area (Å²) in [4.78, 5) is -0.208. The average Bonchev–Trinajstić information content (AvgIpc) is 1.82. The molecule has 0 aromatic rings. The second-order valence-electron chi connectivity index (χ2n) is 1.94. The van der Waals surface area contributed by atoms with Crippen molar-refractivity contribution < 1.29 is 0 Å². The zero-order valence-corrected chi connectivity index (χ0v) is 9.29. The summed E-state index contributed by atoms with van der Waals surface area (Å²) in [5, 5.41) is 0.560. The van der Waals surface area contributed by atoms with E-state index in [2.05, 4.69) is 13.8 Å². The molecule has 0 aliphatic carbocycles. The second kappa shape index (κ2) is 6.96. The average molecular weight is 219 g/mol. The van der Waals surface area contributed by atoms with Gasteiger partial charge in [-0.25, -0.2) is 0 Å². The van der Waals surface area contributed by atoms with Gasteiger partial charge in [-0.2, -0.15) is 0 Å². The minimum atomic E-state index is -0.208. The molecular weight excluding hydrogens is 207 g/mol. The molecule has 0 aromatic carbocycles. The fourth-order valence-corrected chi connectivity index (χ4v) is 3.20. The van der Waals surface area contributed by atoms with E-state index in [4.69, 9.17) is 23.2 Å². The first-order valence-electron chi connectivity index (χ1n) is 3.23. The normalized spacial score (nSPS) is 14.1. The monoisotopic (exact) mass is 218 g/mol. The highest BCUT2D eigenvalue weighted by Crippen LogP contribution is 2.30. The molecule has 1 atom stereocenters. The van der Waals surface area contributed by atoms with Crippen molar-refractivity contribution in [3.8, 4) is 0 Å². The first-order valence-corrected chi connectivity index (χ1v) is 6.48. The van der Waals surface area contributed by atoms with Gasteiger partial charge >= 0.3 is 0 Å². The van der Waals surface area contributed by atoms with Gasteiger partial charge in [0.05, 0.1) is 0 Å². The van der Waals surface area contributed by atoms with E-state index in [9.17, 15) is 0 Å². The summed E-state index contributed by atoms with van der Waals surface area (Å²) in [6.07, 6.45) is 0.876. The van der Waals surface area contributed by atoms with Gasteiger partial charge in [0.1, 0.15) is 4.84 Å². The first kappa shape index (κ1) is 11.3. The lowest BCUT2D eigenvalue weighted by Gasteiger charge is -2.08. The summed E-state index contributed by atoms with van der Waals surface area (Å²) in [5.41, 5.74) is 0. The Kier molecular flexibility index (Phi) is 7.85. The van der Waals surface area contributed by atoms with Gasteiger partial charge in [-0.3, -0.25) is 0 Å². The molecule has 10 heavy (non-hydrogen) atoms. The maximum atomic E-state index is 5.59. The second-order valence-corrected chi connectivity index (χ2v) is 6.31. The summed E-state index contributed by atoms with van der Waals surface area (Å²) in [6.45, 7) is 4.29. The number of rotatable bonds is 5. The van der Waals surface area contributed by atoms with Crippen LogP contribution < -0.4 is 0 Å². The highest BCUT2D eigenvalue weighted by atomic mass is 35.5. The molecule has 62 valence electrons. The van der Waals surface area contributed by atoms with Crippen LogP contribution in [0.3, 0.4) is 0 Å². The number of hydrogen-bond donors (Lipinski definition) is 0. The molecule has 0 fully saturated rings. The Morgan fingerprint density at radius 2 is 2.00 bits per heavy atom. The zero-order valence-electron chi connectivity index (χ0n) is 6.14. The SMILES string of the molecule is CCSSC(C)CC(Cl)Cl. The molecule has 0 nitrogen and oxygen atoms in total. The van der Waals surface area contributed by atoms with Crippen LogP contribution in [0.15, 0.2) is 0 Å². The van der Waals surface area contributed by atoms with E-state index in [0.717, 1.165) is 12.2 Å². The molecule has 4 heteroatoms. The molecule has 0 saturated carbocycles. The van der Waals surface area contributed by atoms with Gasteiger partial charge in [-0.15, -0.1) is 23.2 Å². The highest BCUT2D eigenvalue weighted by Gasteiger charge is 2.07. The number of hydrogen-bond acceptors (Lipinski definition) is 2. The van der Waals surface area contributed by atoms with E-state index < -0.39 is 0 Å². The minimum Gasteiger partial charge on any atom is -0.105 e. The Labute approximate surface area is 80.8 Å². The van der Waals surface area contributed by atoms with Gasteiger partial charge in [0.15, 0.2) is 0 Å². The summed E-state index contributed by atoms with van der Waals surface area (Å²) in [5.74, 6) is 1.14. The maximum absolute atomic E-state index is 5.59. The molecule has 0 radical (unpaired) electrons. The van der Waals surface area contributed by atoms with Crippen molar-refractivity contribution in [2.24, 2.45) is 0 Å². The summed E-state index contributed by atoms with van der Waals surface area (Å²) in [7, 11) is 3.71. The predicted octanol–water partition coefficient (Wildman–Crippen LogP) is 3.97. The van der Waals surface area contributed by atoms with Crippen LogP contribution in [0.25, 0.3) is 0 Å². The van der Waals surface area contributed by atoms with Crippen LogP contribution in [-0.2, 0) is 0 Å². The molecule has 0 aliphatic heterocycles. The van der Waals surface area contributed by atoms with Crippen LogP contribution in [0.1, 0.15) is 20.3 Å². The molecule has 0 saturated heterocycles. The fraction of sp³-hybridized carbons (Fsp3) is 1.00. The lowest BCUT2D eigenvalue weighted by Crippen LogP contribution is -1.99. The van der Waals surface area contributed by atoms with Crippen molar-refractivity contribution >= 4 is 44.8 Å². The Bertz CT molecular complexity index is 78.1. The van der Waals surface area contributed by atoms with Gasteiger partial charge in [0.2, 0.25) is 0 Å². The van der Waals surface area contributed by atoms with Gasteiger partial charge in [0, 0.05) is 11.0 Å². The van der Waals surface area contributed by atoms with Crippen molar-refractivity contribution in [3.05, 3.63) is 0 Å². The molecule has 0 spiro atoms. The molecule has 0 aromatic heterocycles. The van der Waals surface area contributed by atoms with Crippen LogP contribution in [-0.4, -0.2) is 15.8 Å². The topological polar surface area (TPSA) is 0 Å². The number of halogens is 2. The lowest BCUT2D eigenvalue weighted by atomic mass is 10.4. The molecule has 0 rings (SSSR count). The molecular formula is C6H12Cl2S2. The van der Waals surface area contributed by atoms with E-state index in [1.165, 1.54) is 0 Å². The van der Waals surface area contributed by atoms with Crippen LogP contribution in [0.4, 0.5) is 0 Å². The smallest absolute Gasteiger partial charge is 0.105 e. The summed E-state index contributed by atoms with van der Waals surface area (Å²) >= 11 is 11.2. The molecule has 0 bridgehead atoms. The number of alkyl halides is 2. The van der Waals surface area contributed by atoms with Crippen molar-refractivity contribution in [1.82, 2.24) is 0 Å². The standard InChI is InChI=1S/C6H12Cl2S2/c1-3-9-10-5(2)4-6(7)8/h5-6H,3-4H2,1-2H3. The van der Waals surface area contributed by atoms with E-state index in [1.54, 1.807) is 0 Å². The Morgan fingerprint density at radius 1 is 1.40 bits per heavy atom. The van der Waals surface area contributed by atoms with E-state index in [-0.39, 0.29) is 4.84 Å². The van der Waals surface area contributed by atoms with Crippen molar-refractivity contribution in [1.29, 1.82) is 0 Å². The Hall–Kier alpha value is 1.28. The third-order valence-corrected chi connectivity index (χ3v) is 4.21. The summed E-state index contributed by atoms with van der Waals surface area (Å²) in [6, 6.07) is 0. The molecule has 0 heterocycles. The first-order chi connectivity index (χ1) is 4.66. The van der Waals surface area contributed by atoms with Gasteiger partial charge in [-0.1, -0.05) is 35.4 Å². The summed E-state index contributed by atoms with van der Waals surface area (Å²) < 4.78 is 0. The van der Waals surface area contributed by atoms with E-state index in [1.807, 2.05) is 21.6 Å². The van der Waals surface area contributed by atoms with Crippen LogP contribution >= 0.6 is 44.8 Å². The van der Waals surface area contributed by atoms with Gasteiger partial charge < -0.3 is 0 Å². The lowest BCUT2D eigenvalue weighted by molar-refractivity contribution is 0.884. The Balaban J connectivity index is 3.16. The fourth-order valence-electron chi connectivity index (χ4n) is 0.474. The molecule has 0 aliphatic rings. The molecule has 0 N–H and O–H groups in total. The van der Waals surface area contributed by atoms with Crippen LogP contribution in [0.2, 0.25) is 0 Å². The molecule has 1 unspecified atom stereocenters. The largest absolute Gasteiger partial charge is 0.108 e. The van der Waals surface area contributed by atoms with E-state index in [0.29, 0.717) is 5.25 Å². The minimum absolute atomic E-state index is 0.208. The third-order valence-electron chi connectivity index (χ3n) is 0.860. The quantitative estimate of drug-likeness (QED) is 0.507. The molecule has 0 amide bonds. The van der Waals surface area contributed by atoms with E-state index >= 15 is 0 Å². The van der Waals surface area contributed by atoms with Crippen molar-refractivity contribution in [2.45, 2.75) is 30.4 Å². The van der Waals surface area contributed by atoms with Gasteiger partial charge in [-0.05, 0) is 6.42 Å². The highest BCUT2D eigenvalue weighted by molar-refractivity contribution is 8.76. The van der Waals surface area contributed by atoms with Crippen molar-refractivity contribution in [3.63, 3.8) is 0 Å². The Morgan fingerprint density at radius 3 is 2.40 bits per heavy atom. The predicted molar refractivity (Wildman–Crippen MR) is 55.3 cm³/mol. The van der Waals surface area contributed by atoms with Gasteiger partial charge in [0.25, 0.3) is 0 Å². The van der Waals surface area contributed by atoms with Crippen LogP contribution in [0.5, 0.6) is 0 Å². The zero-order chi connectivity index (χ0) is 7.98. The van der Waals surface area contributed by atoms with Crippen LogP contribution in [0, 0.1) is 0 Å². The van der Waals surface area contributed by atoms with Crippen molar-refractivity contribution in [2.75, 3.05) is 5.75 Å². The maximum Gasteiger partial charge on any atom is 0.108 e.